The molecule has 94 valence electrons. The molecule has 1 aliphatic rings. The van der Waals surface area contributed by atoms with Gasteiger partial charge in [-0.25, -0.2) is 0 Å². The van der Waals surface area contributed by atoms with Gasteiger partial charge in [0.1, 0.15) is 5.60 Å². The first kappa shape index (κ1) is 13.7. The number of hydrogen-bond acceptors (Lipinski definition) is 2. The molecule has 0 radical (unpaired) electrons. The van der Waals surface area contributed by atoms with E-state index in [1.54, 1.807) is 0 Å². The highest BCUT2D eigenvalue weighted by molar-refractivity contribution is 5.87. The molecule has 0 N–H and O–H groups in total. The van der Waals surface area contributed by atoms with Crippen molar-refractivity contribution in [2.75, 3.05) is 6.61 Å². The molecule has 0 heterocycles. The van der Waals surface area contributed by atoms with Crippen molar-refractivity contribution in [3.05, 3.63) is 0 Å². The van der Waals surface area contributed by atoms with Crippen LogP contribution in [0.5, 0.6) is 0 Å². The number of rotatable bonds is 5. The van der Waals surface area contributed by atoms with Crippen LogP contribution in [0.3, 0.4) is 0 Å². The summed E-state index contributed by atoms with van der Waals surface area (Å²) in [4.78, 5) is 12.3. The zero-order valence-electron chi connectivity index (χ0n) is 11.2. The van der Waals surface area contributed by atoms with Crippen LogP contribution in [0, 0.1) is 11.8 Å². The van der Waals surface area contributed by atoms with Crippen molar-refractivity contribution in [2.24, 2.45) is 11.8 Å². The standard InChI is InChI=1S/C14H26O2/c1-5-16-14(13(15)9-11(2)3)8-6-7-12(4)10-14/h11-12H,5-10H2,1-4H3. The maximum atomic E-state index is 12.3. The maximum absolute atomic E-state index is 12.3. The molecule has 0 saturated heterocycles. The lowest BCUT2D eigenvalue weighted by Gasteiger charge is -2.38. The minimum Gasteiger partial charge on any atom is -0.367 e. The zero-order valence-corrected chi connectivity index (χ0v) is 11.2. The van der Waals surface area contributed by atoms with E-state index in [2.05, 4.69) is 20.8 Å². The number of ketones is 1. The van der Waals surface area contributed by atoms with E-state index in [1.165, 1.54) is 6.42 Å². The van der Waals surface area contributed by atoms with Crippen LogP contribution in [-0.2, 0) is 9.53 Å². The molecule has 0 aromatic carbocycles. The largest absolute Gasteiger partial charge is 0.367 e. The van der Waals surface area contributed by atoms with Crippen LogP contribution in [-0.4, -0.2) is 18.0 Å². The summed E-state index contributed by atoms with van der Waals surface area (Å²) >= 11 is 0. The van der Waals surface area contributed by atoms with Crippen LogP contribution in [0.25, 0.3) is 0 Å². The fourth-order valence-electron chi connectivity index (χ4n) is 2.80. The lowest BCUT2D eigenvalue weighted by molar-refractivity contribution is -0.152. The maximum Gasteiger partial charge on any atom is 0.164 e. The molecule has 2 heteroatoms. The average molecular weight is 226 g/mol. The zero-order chi connectivity index (χ0) is 12.2. The number of hydrogen-bond donors (Lipinski definition) is 0. The molecular formula is C14H26O2. The molecule has 2 unspecified atom stereocenters. The summed E-state index contributed by atoms with van der Waals surface area (Å²) in [5.74, 6) is 1.38. The van der Waals surface area contributed by atoms with Crippen molar-refractivity contribution in [3.63, 3.8) is 0 Å². The summed E-state index contributed by atoms with van der Waals surface area (Å²) in [6.07, 6.45) is 4.88. The van der Waals surface area contributed by atoms with E-state index in [4.69, 9.17) is 4.74 Å². The fourth-order valence-corrected chi connectivity index (χ4v) is 2.80. The third-order valence-corrected chi connectivity index (χ3v) is 3.48. The van der Waals surface area contributed by atoms with Gasteiger partial charge in [-0.05, 0) is 38.0 Å². The van der Waals surface area contributed by atoms with Crippen LogP contribution < -0.4 is 0 Å². The van der Waals surface area contributed by atoms with Crippen molar-refractivity contribution in [2.45, 2.75) is 65.4 Å². The average Bonchev–Trinajstić information content (AvgIpc) is 2.17. The van der Waals surface area contributed by atoms with E-state index in [-0.39, 0.29) is 0 Å². The molecule has 1 fully saturated rings. The Hall–Kier alpha value is -0.370. The molecule has 0 amide bonds. The van der Waals surface area contributed by atoms with E-state index in [9.17, 15) is 4.79 Å². The molecule has 0 bridgehead atoms. The minimum absolute atomic E-state index is 0.330. The van der Waals surface area contributed by atoms with Gasteiger partial charge in [0.25, 0.3) is 0 Å². The second-order valence-corrected chi connectivity index (χ2v) is 5.65. The van der Waals surface area contributed by atoms with E-state index in [0.717, 1.165) is 19.3 Å². The molecule has 1 saturated carbocycles. The van der Waals surface area contributed by atoms with Crippen LogP contribution in [0.2, 0.25) is 0 Å². The second-order valence-electron chi connectivity index (χ2n) is 5.65. The number of Topliss-reactive ketones (excluding diaryl/α,β-unsaturated/α-hetero) is 1. The quantitative estimate of drug-likeness (QED) is 0.716. The Morgan fingerprint density at radius 3 is 2.69 bits per heavy atom. The molecule has 2 nitrogen and oxygen atoms in total. The number of carbonyl (C=O) groups is 1. The van der Waals surface area contributed by atoms with Crippen LogP contribution >= 0.6 is 0 Å². The summed E-state index contributed by atoms with van der Waals surface area (Å²) in [5, 5.41) is 0. The van der Waals surface area contributed by atoms with Crippen molar-refractivity contribution < 1.29 is 9.53 Å². The molecule has 1 rings (SSSR count). The second kappa shape index (κ2) is 5.81. The first-order valence-corrected chi connectivity index (χ1v) is 6.67. The minimum atomic E-state index is -0.448. The first-order chi connectivity index (χ1) is 7.50. The molecular weight excluding hydrogens is 200 g/mol. The molecule has 2 atom stereocenters. The van der Waals surface area contributed by atoms with Gasteiger partial charge >= 0.3 is 0 Å². The molecule has 1 aliphatic carbocycles. The third-order valence-electron chi connectivity index (χ3n) is 3.48. The van der Waals surface area contributed by atoms with E-state index in [1.807, 2.05) is 6.92 Å². The van der Waals surface area contributed by atoms with Gasteiger partial charge < -0.3 is 4.74 Å². The highest BCUT2D eigenvalue weighted by Gasteiger charge is 2.41. The van der Waals surface area contributed by atoms with Crippen molar-refractivity contribution in [1.82, 2.24) is 0 Å². The van der Waals surface area contributed by atoms with Gasteiger partial charge in [-0.15, -0.1) is 0 Å². The Kier molecular flexibility index (Phi) is 4.97. The topological polar surface area (TPSA) is 26.3 Å². The first-order valence-electron chi connectivity index (χ1n) is 6.67. The van der Waals surface area contributed by atoms with Crippen molar-refractivity contribution in [3.8, 4) is 0 Å². The van der Waals surface area contributed by atoms with Gasteiger partial charge in [0.15, 0.2) is 5.78 Å². The fraction of sp³-hybridized carbons (Fsp3) is 0.929. The predicted molar refractivity (Wildman–Crippen MR) is 66.5 cm³/mol. The SMILES string of the molecule is CCOC1(C(=O)CC(C)C)CCCC(C)C1. The number of carbonyl (C=O) groups excluding carboxylic acids is 1. The third kappa shape index (κ3) is 3.31. The van der Waals surface area contributed by atoms with Gasteiger partial charge in [0.2, 0.25) is 0 Å². The van der Waals surface area contributed by atoms with Crippen molar-refractivity contribution in [1.29, 1.82) is 0 Å². The summed E-state index contributed by atoms with van der Waals surface area (Å²) in [6.45, 7) is 9.07. The highest BCUT2D eigenvalue weighted by Crippen LogP contribution is 2.37. The molecule has 0 aliphatic heterocycles. The van der Waals surface area contributed by atoms with Gasteiger partial charge in [-0.2, -0.15) is 0 Å². The lowest BCUT2D eigenvalue weighted by Crippen LogP contribution is -2.45. The van der Waals surface area contributed by atoms with Crippen LogP contribution in [0.15, 0.2) is 0 Å². The van der Waals surface area contributed by atoms with Gasteiger partial charge in [0, 0.05) is 13.0 Å². The normalized spacial score (nSPS) is 30.7. The Morgan fingerprint density at radius 1 is 1.50 bits per heavy atom. The highest BCUT2D eigenvalue weighted by atomic mass is 16.5. The predicted octanol–water partition coefficient (Wildman–Crippen LogP) is 3.59. The summed E-state index contributed by atoms with van der Waals surface area (Å²) in [6, 6.07) is 0. The molecule has 16 heavy (non-hydrogen) atoms. The van der Waals surface area contributed by atoms with E-state index >= 15 is 0 Å². The van der Waals surface area contributed by atoms with Gasteiger partial charge in [-0.3, -0.25) is 4.79 Å². The van der Waals surface area contributed by atoms with E-state index in [0.29, 0.717) is 30.6 Å². The lowest BCUT2D eigenvalue weighted by atomic mass is 9.74. The summed E-state index contributed by atoms with van der Waals surface area (Å²) in [5.41, 5.74) is -0.448. The Labute approximate surface area is 99.8 Å². The van der Waals surface area contributed by atoms with Gasteiger partial charge in [-0.1, -0.05) is 27.2 Å². The monoisotopic (exact) mass is 226 g/mol. The summed E-state index contributed by atoms with van der Waals surface area (Å²) < 4.78 is 5.85. The Bertz CT molecular complexity index is 231. The summed E-state index contributed by atoms with van der Waals surface area (Å²) in [7, 11) is 0. The Morgan fingerprint density at radius 2 is 2.19 bits per heavy atom. The smallest absolute Gasteiger partial charge is 0.164 e. The van der Waals surface area contributed by atoms with Crippen molar-refractivity contribution >= 4 is 5.78 Å². The van der Waals surface area contributed by atoms with Crippen LogP contribution in [0.1, 0.15) is 59.8 Å². The molecule has 0 aromatic heterocycles. The van der Waals surface area contributed by atoms with E-state index < -0.39 is 5.60 Å². The van der Waals surface area contributed by atoms with Crippen LogP contribution in [0.4, 0.5) is 0 Å². The van der Waals surface area contributed by atoms with Gasteiger partial charge in [0.05, 0.1) is 0 Å². The number of ether oxygens (including phenoxy) is 1. The Balaban J connectivity index is 2.74. The molecule has 0 aromatic rings. The molecule has 0 spiro atoms.